The zero-order chi connectivity index (χ0) is 33.7. The van der Waals surface area contributed by atoms with E-state index in [2.05, 4.69) is 207 Å². The summed E-state index contributed by atoms with van der Waals surface area (Å²) in [5, 5.41) is 2.57. The van der Waals surface area contributed by atoms with Crippen LogP contribution in [-0.2, 0) is 5.41 Å². The van der Waals surface area contributed by atoms with Gasteiger partial charge < -0.3 is 4.90 Å². The predicted octanol–water partition coefficient (Wildman–Crippen LogP) is 13.6. The Morgan fingerprint density at radius 3 is 1.50 bits per heavy atom. The molecule has 8 aromatic carbocycles. The minimum Gasteiger partial charge on any atom is -0.310 e. The van der Waals surface area contributed by atoms with Crippen molar-refractivity contribution in [3.63, 3.8) is 0 Å². The molecule has 0 saturated heterocycles. The molecule has 0 aromatic heterocycles. The van der Waals surface area contributed by atoms with Crippen LogP contribution in [0.2, 0.25) is 0 Å². The van der Waals surface area contributed by atoms with Crippen LogP contribution in [0.4, 0.5) is 17.1 Å². The van der Waals surface area contributed by atoms with E-state index in [0.717, 1.165) is 17.1 Å². The Morgan fingerprint density at radius 2 is 0.840 bits per heavy atom. The molecule has 0 heterocycles. The van der Waals surface area contributed by atoms with Crippen LogP contribution in [0.15, 0.2) is 188 Å². The summed E-state index contributed by atoms with van der Waals surface area (Å²) in [7, 11) is 0. The number of nitrogens with zero attached hydrogens (tertiary/aromatic N) is 1. The van der Waals surface area contributed by atoms with Gasteiger partial charge in [0.05, 0.1) is 5.69 Å². The van der Waals surface area contributed by atoms with Crippen molar-refractivity contribution in [1.29, 1.82) is 0 Å². The van der Waals surface area contributed by atoms with E-state index in [1.165, 1.54) is 66.4 Å². The van der Waals surface area contributed by atoms with Gasteiger partial charge in [0.2, 0.25) is 0 Å². The lowest BCUT2D eigenvalue weighted by Gasteiger charge is -2.30. The van der Waals surface area contributed by atoms with Crippen LogP contribution in [0, 0.1) is 0 Å². The van der Waals surface area contributed by atoms with Gasteiger partial charge in [-0.25, -0.2) is 0 Å². The molecule has 0 atom stereocenters. The molecular formula is C49H37N. The first kappa shape index (κ1) is 29.9. The third-order valence-electron chi connectivity index (χ3n) is 10.4. The van der Waals surface area contributed by atoms with E-state index >= 15 is 0 Å². The van der Waals surface area contributed by atoms with Crippen molar-refractivity contribution >= 4 is 27.8 Å². The first-order valence-electron chi connectivity index (χ1n) is 17.4. The molecule has 0 spiro atoms. The Hall–Kier alpha value is -6.18. The summed E-state index contributed by atoms with van der Waals surface area (Å²) in [5.41, 5.74) is 15.9. The summed E-state index contributed by atoms with van der Waals surface area (Å²) in [4.78, 5) is 2.45. The fraction of sp³-hybridized carbons (Fsp3) is 0.0612. The molecule has 0 N–H and O–H groups in total. The van der Waals surface area contributed by atoms with Crippen molar-refractivity contribution in [3.8, 4) is 44.5 Å². The van der Waals surface area contributed by atoms with E-state index in [4.69, 9.17) is 0 Å². The highest BCUT2D eigenvalue weighted by Gasteiger charge is 2.36. The lowest BCUT2D eigenvalue weighted by molar-refractivity contribution is 0.661. The summed E-state index contributed by atoms with van der Waals surface area (Å²) in [6.45, 7) is 4.75. The minimum absolute atomic E-state index is 0.146. The molecule has 50 heavy (non-hydrogen) atoms. The van der Waals surface area contributed by atoms with Gasteiger partial charge in [0, 0.05) is 22.4 Å². The first-order valence-corrected chi connectivity index (χ1v) is 17.4. The monoisotopic (exact) mass is 639 g/mol. The zero-order valence-electron chi connectivity index (χ0n) is 28.3. The maximum absolute atomic E-state index is 2.45. The molecule has 1 aliphatic carbocycles. The fourth-order valence-corrected chi connectivity index (χ4v) is 7.80. The van der Waals surface area contributed by atoms with Gasteiger partial charge in [-0.3, -0.25) is 0 Å². The third kappa shape index (κ3) is 5.11. The predicted molar refractivity (Wildman–Crippen MR) is 213 cm³/mol. The molecule has 0 aliphatic heterocycles. The summed E-state index contributed by atoms with van der Waals surface area (Å²) < 4.78 is 0. The topological polar surface area (TPSA) is 3.24 Å². The third-order valence-corrected chi connectivity index (χ3v) is 10.4. The number of rotatable bonds is 6. The van der Waals surface area contributed by atoms with Crippen molar-refractivity contribution in [3.05, 3.63) is 199 Å². The van der Waals surface area contributed by atoms with Gasteiger partial charge >= 0.3 is 0 Å². The van der Waals surface area contributed by atoms with E-state index in [9.17, 15) is 0 Å². The molecule has 1 aliphatic rings. The molecule has 0 saturated carbocycles. The Morgan fingerprint density at radius 1 is 0.340 bits per heavy atom. The van der Waals surface area contributed by atoms with Crippen LogP contribution >= 0.6 is 0 Å². The number of fused-ring (bicyclic) bond motifs is 4. The molecular weight excluding hydrogens is 603 g/mol. The van der Waals surface area contributed by atoms with Gasteiger partial charge in [0.1, 0.15) is 0 Å². The highest BCUT2D eigenvalue weighted by Crippen LogP contribution is 2.52. The highest BCUT2D eigenvalue weighted by molar-refractivity contribution is 5.96. The van der Waals surface area contributed by atoms with E-state index < -0.39 is 0 Å². The standard InChI is InChI=1S/C49H37N/c1-49(2)46-32-39-21-13-12-20-38(39)31-45(46)43-28-27-42(33-47(43)49)50(41-25-22-36(23-26-41)34-14-6-3-7-15-34)48-29-24-40(35-16-8-4-9-17-35)30-44(48)37-18-10-5-11-19-37/h3-33H,1-2H3. The number of anilines is 3. The van der Waals surface area contributed by atoms with Gasteiger partial charge in [-0.15, -0.1) is 0 Å². The van der Waals surface area contributed by atoms with Crippen LogP contribution in [0.25, 0.3) is 55.3 Å². The van der Waals surface area contributed by atoms with Crippen molar-refractivity contribution in [2.24, 2.45) is 0 Å². The second-order valence-electron chi connectivity index (χ2n) is 13.8. The zero-order valence-corrected chi connectivity index (χ0v) is 28.3. The minimum atomic E-state index is -0.146. The Bertz CT molecular complexity index is 2480. The molecule has 1 nitrogen and oxygen atoms in total. The highest BCUT2D eigenvalue weighted by atomic mass is 15.1. The lowest BCUT2D eigenvalue weighted by Crippen LogP contribution is -2.17. The van der Waals surface area contributed by atoms with Gasteiger partial charge in [-0.1, -0.05) is 153 Å². The van der Waals surface area contributed by atoms with E-state index in [-0.39, 0.29) is 5.41 Å². The molecule has 0 unspecified atom stereocenters. The van der Waals surface area contributed by atoms with Crippen LogP contribution in [-0.4, -0.2) is 0 Å². The summed E-state index contributed by atoms with van der Waals surface area (Å²) in [6.07, 6.45) is 0. The van der Waals surface area contributed by atoms with Crippen molar-refractivity contribution in [2.75, 3.05) is 4.90 Å². The second-order valence-corrected chi connectivity index (χ2v) is 13.8. The van der Waals surface area contributed by atoms with E-state index in [1.807, 2.05) is 0 Å². The van der Waals surface area contributed by atoms with Gasteiger partial charge in [0.15, 0.2) is 0 Å². The van der Waals surface area contributed by atoms with Gasteiger partial charge in [-0.2, -0.15) is 0 Å². The number of hydrogen-bond donors (Lipinski definition) is 0. The van der Waals surface area contributed by atoms with E-state index in [0.29, 0.717) is 0 Å². The molecule has 238 valence electrons. The molecule has 1 heteroatoms. The molecule has 8 aromatic rings. The maximum Gasteiger partial charge on any atom is 0.0540 e. The number of benzene rings is 8. The van der Waals surface area contributed by atoms with Gasteiger partial charge in [-0.05, 0) is 109 Å². The summed E-state index contributed by atoms with van der Waals surface area (Å²) >= 11 is 0. The van der Waals surface area contributed by atoms with Crippen LogP contribution in [0.5, 0.6) is 0 Å². The first-order chi connectivity index (χ1) is 24.5. The largest absolute Gasteiger partial charge is 0.310 e. The van der Waals surface area contributed by atoms with Gasteiger partial charge in [0.25, 0.3) is 0 Å². The second kappa shape index (κ2) is 12.1. The van der Waals surface area contributed by atoms with Crippen LogP contribution in [0.3, 0.4) is 0 Å². The Labute approximate surface area is 294 Å². The van der Waals surface area contributed by atoms with Crippen LogP contribution < -0.4 is 4.90 Å². The molecule has 0 radical (unpaired) electrons. The van der Waals surface area contributed by atoms with Crippen LogP contribution in [0.1, 0.15) is 25.0 Å². The summed E-state index contributed by atoms with van der Waals surface area (Å²) in [5.74, 6) is 0. The molecule has 0 bridgehead atoms. The Balaban J connectivity index is 1.25. The quantitative estimate of drug-likeness (QED) is 0.175. The molecule has 9 rings (SSSR count). The maximum atomic E-state index is 2.45. The smallest absolute Gasteiger partial charge is 0.0540 e. The van der Waals surface area contributed by atoms with Crippen molar-refractivity contribution in [2.45, 2.75) is 19.3 Å². The van der Waals surface area contributed by atoms with Crippen molar-refractivity contribution in [1.82, 2.24) is 0 Å². The summed E-state index contributed by atoms with van der Waals surface area (Å²) in [6, 6.07) is 68.6. The molecule has 0 fully saturated rings. The van der Waals surface area contributed by atoms with E-state index in [1.54, 1.807) is 0 Å². The van der Waals surface area contributed by atoms with Crippen molar-refractivity contribution < 1.29 is 0 Å². The average molecular weight is 640 g/mol. The SMILES string of the molecule is CC1(C)c2cc(N(c3ccc(-c4ccccc4)cc3)c3ccc(-c4ccccc4)cc3-c3ccccc3)ccc2-c2cc3ccccc3cc21. The average Bonchev–Trinajstić information content (AvgIpc) is 3.40. The fourth-order valence-electron chi connectivity index (χ4n) is 7.80. The number of hydrogen-bond acceptors (Lipinski definition) is 1. The normalized spacial score (nSPS) is 12.8. The Kier molecular flexibility index (Phi) is 7.21. The molecule has 0 amide bonds. The lowest BCUT2D eigenvalue weighted by atomic mass is 9.81.